The van der Waals surface area contributed by atoms with Crippen LogP contribution in [0.5, 0.6) is 0 Å². The van der Waals surface area contributed by atoms with Gasteiger partial charge >= 0.3 is 5.97 Å². The summed E-state index contributed by atoms with van der Waals surface area (Å²) in [5.41, 5.74) is 1.65. The van der Waals surface area contributed by atoms with Crippen molar-refractivity contribution in [3.63, 3.8) is 0 Å². The van der Waals surface area contributed by atoms with Crippen molar-refractivity contribution in [3.05, 3.63) is 5.92 Å². The van der Waals surface area contributed by atoms with Crippen LogP contribution >= 0.6 is 0 Å². The molecule has 1 fully saturated rings. The van der Waals surface area contributed by atoms with Crippen molar-refractivity contribution in [3.8, 4) is 0 Å². The minimum absolute atomic E-state index is 0.209. The van der Waals surface area contributed by atoms with E-state index in [1.807, 2.05) is 0 Å². The fourth-order valence-corrected chi connectivity index (χ4v) is 1.31. The average Bonchev–Trinajstić information content (AvgIpc) is 2.28. The van der Waals surface area contributed by atoms with Crippen LogP contribution in [0.25, 0.3) is 0 Å². The van der Waals surface area contributed by atoms with Gasteiger partial charge < -0.3 is 4.84 Å². The fourth-order valence-electron chi connectivity index (χ4n) is 1.31. The maximum absolute atomic E-state index is 11.3. The summed E-state index contributed by atoms with van der Waals surface area (Å²) in [6, 6.07) is 0. The first-order valence-corrected chi connectivity index (χ1v) is 4.27. The van der Waals surface area contributed by atoms with Crippen LogP contribution in [0.2, 0.25) is 0 Å². The number of carbonyl (C=O) groups excluding carboxylic acids is 3. The molecule has 1 radical (unpaired) electrons. The predicted octanol–water partition coefficient (Wildman–Crippen LogP) is -0.805. The molecule has 0 unspecified atom stereocenters. The van der Waals surface area contributed by atoms with E-state index in [2.05, 4.69) is 4.84 Å². The zero-order valence-corrected chi connectivity index (χ0v) is 7.54. The van der Waals surface area contributed by atoms with E-state index in [9.17, 15) is 14.4 Å². The first kappa shape index (κ1) is 10.8. The van der Waals surface area contributed by atoms with E-state index in [4.69, 9.17) is 5.84 Å². The summed E-state index contributed by atoms with van der Waals surface area (Å²) < 4.78 is 0. The molecule has 1 aliphatic rings. The Balaban J connectivity index is 2.74. The largest absolute Gasteiger partial charge is 0.354 e. The normalized spacial score (nSPS) is 19.2. The van der Waals surface area contributed by atoms with Gasteiger partial charge in [0.25, 0.3) is 0 Å². The molecule has 0 aliphatic heterocycles. The van der Waals surface area contributed by atoms with Gasteiger partial charge in [0.05, 0.1) is 0 Å². The van der Waals surface area contributed by atoms with Crippen molar-refractivity contribution in [2.75, 3.05) is 0 Å². The molecule has 0 aromatic carbocycles. The molecule has 1 rings (SSSR count). The van der Waals surface area contributed by atoms with E-state index in [-0.39, 0.29) is 12.8 Å². The Morgan fingerprint density at radius 1 is 1.21 bits per heavy atom. The van der Waals surface area contributed by atoms with Gasteiger partial charge in [0, 0.05) is 12.8 Å². The molecule has 1 aliphatic carbocycles. The molecule has 14 heavy (non-hydrogen) atoms. The highest BCUT2D eigenvalue weighted by Gasteiger charge is 2.37. The quantitative estimate of drug-likeness (QED) is 0.343. The number of rotatable bonds is 2. The van der Waals surface area contributed by atoms with Crippen molar-refractivity contribution >= 4 is 17.5 Å². The zero-order chi connectivity index (χ0) is 10.6. The van der Waals surface area contributed by atoms with E-state index < -0.39 is 23.5 Å². The summed E-state index contributed by atoms with van der Waals surface area (Å²) in [7, 11) is 0. The predicted molar refractivity (Wildman–Crippen MR) is 45.1 cm³/mol. The van der Waals surface area contributed by atoms with Gasteiger partial charge in [0.15, 0.2) is 11.6 Å². The maximum Gasteiger partial charge on any atom is 0.349 e. The Hall–Kier alpha value is -1.27. The van der Waals surface area contributed by atoms with Crippen LogP contribution in [0.1, 0.15) is 25.7 Å². The standard InChI is InChI=1S/C8H11N2O4/c9-10-14-8(13)7-5(11)3-1-2-4-6(7)12/h10H,1-4,9H2. The molecule has 77 valence electrons. The highest BCUT2D eigenvalue weighted by molar-refractivity contribution is 6.33. The molecule has 6 nitrogen and oxygen atoms in total. The Kier molecular flexibility index (Phi) is 3.73. The highest BCUT2D eigenvalue weighted by atomic mass is 16.7. The molecule has 0 heterocycles. The molecule has 3 N–H and O–H groups in total. The Bertz CT molecular complexity index is 246. The summed E-state index contributed by atoms with van der Waals surface area (Å²) in [5, 5.41) is 0. The van der Waals surface area contributed by atoms with Gasteiger partial charge in [-0.15, -0.1) is 0 Å². The maximum atomic E-state index is 11.3. The Morgan fingerprint density at radius 3 is 2.14 bits per heavy atom. The van der Waals surface area contributed by atoms with Crippen molar-refractivity contribution in [2.24, 2.45) is 5.84 Å². The molecular weight excluding hydrogens is 188 g/mol. The van der Waals surface area contributed by atoms with Crippen LogP contribution in [0.3, 0.4) is 0 Å². The number of hydrazine groups is 1. The van der Waals surface area contributed by atoms with Gasteiger partial charge in [0.1, 0.15) is 0 Å². The molecular formula is C8H11N2O4. The summed E-state index contributed by atoms with van der Waals surface area (Å²) in [5.74, 6) is 2.41. The second-order valence-corrected chi connectivity index (χ2v) is 2.94. The van der Waals surface area contributed by atoms with E-state index in [1.54, 1.807) is 5.59 Å². The summed E-state index contributed by atoms with van der Waals surface area (Å²) in [4.78, 5) is 37.9. The summed E-state index contributed by atoms with van der Waals surface area (Å²) in [6.07, 6.45) is 1.66. The van der Waals surface area contributed by atoms with E-state index >= 15 is 0 Å². The number of hydrogen-bond donors (Lipinski definition) is 2. The minimum atomic E-state index is -0.996. The second-order valence-electron chi connectivity index (χ2n) is 2.94. The van der Waals surface area contributed by atoms with Crippen molar-refractivity contribution in [2.45, 2.75) is 25.7 Å². The molecule has 0 bridgehead atoms. The van der Waals surface area contributed by atoms with Gasteiger partial charge in [-0.3, -0.25) is 9.59 Å². The van der Waals surface area contributed by atoms with Crippen LogP contribution in [-0.4, -0.2) is 17.5 Å². The third-order valence-corrected chi connectivity index (χ3v) is 1.97. The van der Waals surface area contributed by atoms with Crippen LogP contribution in [0.15, 0.2) is 0 Å². The summed E-state index contributed by atoms with van der Waals surface area (Å²) in [6.45, 7) is 0. The van der Waals surface area contributed by atoms with Gasteiger partial charge in [-0.25, -0.2) is 10.6 Å². The van der Waals surface area contributed by atoms with Gasteiger partial charge in [-0.1, -0.05) is 5.59 Å². The first-order valence-electron chi connectivity index (χ1n) is 4.27. The van der Waals surface area contributed by atoms with Crippen LogP contribution in [-0.2, 0) is 19.2 Å². The minimum Gasteiger partial charge on any atom is -0.354 e. The highest BCUT2D eigenvalue weighted by Crippen LogP contribution is 2.19. The summed E-state index contributed by atoms with van der Waals surface area (Å²) >= 11 is 0. The number of hydrogen-bond acceptors (Lipinski definition) is 6. The monoisotopic (exact) mass is 199 g/mol. The average molecular weight is 199 g/mol. The van der Waals surface area contributed by atoms with Crippen molar-refractivity contribution < 1.29 is 19.2 Å². The second kappa shape index (κ2) is 4.83. The Morgan fingerprint density at radius 2 is 1.71 bits per heavy atom. The number of ketones is 2. The number of Topliss-reactive ketones (excluding diaryl/α,β-unsaturated/α-hetero) is 2. The molecule has 0 amide bonds. The van der Waals surface area contributed by atoms with E-state index in [1.165, 1.54) is 0 Å². The molecule has 0 aromatic heterocycles. The molecule has 0 saturated heterocycles. The lowest BCUT2D eigenvalue weighted by Gasteiger charge is -2.07. The van der Waals surface area contributed by atoms with Crippen LogP contribution < -0.4 is 11.4 Å². The molecule has 0 spiro atoms. The Labute approximate surface area is 80.7 Å². The van der Waals surface area contributed by atoms with Crippen LogP contribution in [0.4, 0.5) is 0 Å². The van der Waals surface area contributed by atoms with Crippen molar-refractivity contribution in [1.29, 1.82) is 0 Å². The van der Waals surface area contributed by atoms with Gasteiger partial charge in [-0.05, 0) is 12.8 Å². The van der Waals surface area contributed by atoms with Crippen LogP contribution in [0, 0.1) is 5.92 Å². The molecule has 0 atom stereocenters. The molecule has 0 aromatic rings. The third kappa shape index (κ3) is 2.36. The van der Waals surface area contributed by atoms with Crippen molar-refractivity contribution in [1.82, 2.24) is 5.59 Å². The lowest BCUT2D eigenvalue weighted by Crippen LogP contribution is -2.35. The SMILES string of the molecule is NNOC(=O)[C]1C(=O)CCCCC1=O. The van der Waals surface area contributed by atoms with Gasteiger partial charge in [-0.2, -0.15) is 0 Å². The lowest BCUT2D eigenvalue weighted by molar-refractivity contribution is -0.151. The first-order chi connectivity index (χ1) is 6.66. The lowest BCUT2D eigenvalue weighted by atomic mass is 9.98. The number of carbonyl (C=O) groups is 3. The molecule has 1 saturated carbocycles. The fraction of sp³-hybridized carbons (Fsp3) is 0.500. The van der Waals surface area contributed by atoms with Gasteiger partial charge in [0.2, 0.25) is 5.92 Å². The van der Waals surface area contributed by atoms with E-state index in [0.717, 1.165) is 0 Å². The topological polar surface area (TPSA) is 98.5 Å². The van der Waals surface area contributed by atoms with E-state index in [0.29, 0.717) is 12.8 Å². The number of nitrogens with two attached hydrogens (primary N) is 1. The number of nitrogens with one attached hydrogen (secondary N) is 1. The smallest absolute Gasteiger partial charge is 0.349 e. The zero-order valence-electron chi connectivity index (χ0n) is 7.54. The third-order valence-electron chi connectivity index (χ3n) is 1.97. The molecule has 6 heteroatoms.